The number of alkyl halides is 6. The van der Waals surface area contributed by atoms with Gasteiger partial charge >= 0.3 is 12.4 Å². The maximum atomic E-state index is 12.2. The van der Waals surface area contributed by atoms with Gasteiger partial charge in [0.25, 0.3) is 0 Å². The molecule has 0 spiro atoms. The van der Waals surface area contributed by atoms with Crippen LogP contribution in [0.3, 0.4) is 0 Å². The number of phenolic OH excluding ortho intramolecular Hbond substituents is 1. The molecule has 1 N–H and O–H groups in total. The Morgan fingerprint density at radius 1 is 0.938 bits per heavy atom. The van der Waals surface area contributed by atoms with Crippen LogP contribution in [0.4, 0.5) is 26.3 Å². The van der Waals surface area contributed by atoms with E-state index >= 15 is 0 Å². The molecule has 0 heterocycles. The summed E-state index contributed by atoms with van der Waals surface area (Å²) in [7, 11) is 0. The Labute approximate surface area is 90.3 Å². The van der Waals surface area contributed by atoms with E-state index in [4.69, 9.17) is 16.7 Å². The Morgan fingerprint density at radius 3 is 1.75 bits per heavy atom. The van der Waals surface area contributed by atoms with Gasteiger partial charge in [-0.3, -0.25) is 0 Å². The molecule has 0 saturated heterocycles. The van der Waals surface area contributed by atoms with Crippen molar-refractivity contribution in [1.82, 2.24) is 0 Å². The molecule has 16 heavy (non-hydrogen) atoms. The molecule has 0 aliphatic rings. The molecule has 1 rings (SSSR count). The molecule has 0 bridgehead atoms. The molecule has 90 valence electrons. The summed E-state index contributed by atoms with van der Waals surface area (Å²) in [6.07, 6.45) is -9.88. The smallest absolute Gasteiger partial charge is 0.421 e. The van der Waals surface area contributed by atoms with E-state index in [0.717, 1.165) is 0 Å². The quantitative estimate of drug-likeness (QED) is 0.700. The van der Waals surface area contributed by atoms with Crippen LogP contribution in [0.25, 0.3) is 0 Å². The molecule has 0 radical (unpaired) electrons. The number of rotatable bonds is 0. The largest absolute Gasteiger partial charge is 0.507 e. The molecule has 0 aromatic heterocycles. The van der Waals surface area contributed by atoms with E-state index in [1.54, 1.807) is 0 Å². The minimum Gasteiger partial charge on any atom is -0.507 e. The number of halogens is 7. The van der Waals surface area contributed by atoms with Crippen LogP contribution in [0, 0.1) is 0 Å². The van der Waals surface area contributed by atoms with Gasteiger partial charge in [-0.1, -0.05) is 11.6 Å². The summed E-state index contributed by atoms with van der Waals surface area (Å²) in [4.78, 5) is 0. The Bertz CT molecular complexity index is 385. The molecule has 0 aliphatic carbocycles. The minimum absolute atomic E-state index is 0.0191. The van der Waals surface area contributed by atoms with Gasteiger partial charge in [-0.2, -0.15) is 26.3 Å². The summed E-state index contributed by atoms with van der Waals surface area (Å²) in [5.41, 5.74) is -3.12. The van der Waals surface area contributed by atoms with E-state index in [1.165, 1.54) is 0 Å². The predicted octanol–water partition coefficient (Wildman–Crippen LogP) is 4.08. The van der Waals surface area contributed by atoms with Crippen LogP contribution in [-0.4, -0.2) is 5.11 Å². The fourth-order valence-electron chi connectivity index (χ4n) is 1.04. The number of phenols is 1. The molecule has 8 heteroatoms. The van der Waals surface area contributed by atoms with E-state index in [0.29, 0.717) is 0 Å². The highest BCUT2D eigenvalue weighted by molar-refractivity contribution is 6.31. The van der Waals surface area contributed by atoms with Crippen LogP contribution in [0.15, 0.2) is 12.1 Å². The number of benzene rings is 1. The van der Waals surface area contributed by atoms with E-state index < -0.39 is 34.3 Å². The molecule has 1 aromatic carbocycles. The first kappa shape index (κ1) is 13.0. The lowest BCUT2D eigenvalue weighted by molar-refractivity contribution is -0.142. The second kappa shape index (κ2) is 3.73. The van der Waals surface area contributed by atoms with Crippen molar-refractivity contribution < 1.29 is 31.4 Å². The van der Waals surface area contributed by atoms with Crippen LogP contribution in [0.2, 0.25) is 5.02 Å². The third kappa shape index (κ3) is 2.52. The SMILES string of the molecule is Oc1cc(C(F)(F)F)cc(Cl)c1C(F)(F)F. The first-order chi connectivity index (χ1) is 7.03. The highest BCUT2D eigenvalue weighted by Gasteiger charge is 2.39. The summed E-state index contributed by atoms with van der Waals surface area (Å²) in [6.45, 7) is 0. The lowest BCUT2D eigenvalue weighted by Crippen LogP contribution is -2.10. The van der Waals surface area contributed by atoms with E-state index in [1.807, 2.05) is 0 Å². The highest BCUT2D eigenvalue weighted by Crippen LogP contribution is 2.43. The van der Waals surface area contributed by atoms with Crippen LogP contribution < -0.4 is 0 Å². The van der Waals surface area contributed by atoms with Gasteiger partial charge in [0.2, 0.25) is 0 Å². The molecule has 0 amide bonds. The predicted molar refractivity (Wildman–Crippen MR) is 43.1 cm³/mol. The molecule has 0 aliphatic heterocycles. The van der Waals surface area contributed by atoms with Crippen molar-refractivity contribution in [1.29, 1.82) is 0 Å². The number of hydrogen-bond acceptors (Lipinski definition) is 1. The summed E-state index contributed by atoms with van der Waals surface area (Å²) < 4.78 is 73.0. The van der Waals surface area contributed by atoms with Crippen molar-refractivity contribution in [2.24, 2.45) is 0 Å². The highest BCUT2D eigenvalue weighted by atomic mass is 35.5. The standard InChI is InChI=1S/C8H3ClF6O/c9-4-1-3(7(10,11)12)2-5(16)6(4)8(13,14)15/h1-2,16H. The maximum Gasteiger partial charge on any atom is 0.421 e. The number of hydrogen-bond donors (Lipinski definition) is 1. The van der Waals surface area contributed by atoms with Crippen molar-refractivity contribution in [3.63, 3.8) is 0 Å². The summed E-state index contributed by atoms with van der Waals surface area (Å²) in [5, 5.41) is 7.67. The summed E-state index contributed by atoms with van der Waals surface area (Å²) >= 11 is 5.05. The molecule has 0 unspecified atom stereocenters. The number of aromatic hydroxyl groups is 1. The van der Waals surface area contributed by atoms with E-state index in [2.05, 4.69) is 0 Å². The molecule has 1 aromatic rings. The summed E-state index contributed by atoms with van der Waals surface area (Å²) in [5.74, 6) is -1.55. The van der Waals surface area contributed by atoms with Crippen LogP contribution in [0.1, 0.15) is 11.1 Å². The van der Waals surface area contributed by atoms with Crippen LogP contribution >= 0.6 is 11.6 Å². The topological polar surface area (TPSA) is 20.2 Å². The minimum atomic E-state index is -5.01. The van der Waals surface area contributed by atoms with Crippen LogP contribution in [-0.2, 0) is 12.4 Å². The molecular formula is C8H3ClF6O. The Balaban J connectivity index is 3.41. The van der Waals surface area contributed by atoms with Gasteiger partial charge in [0, 0.05) is 0 Å². The third-order valence-corrected chi connectivity index (χ3v) is 1.98. The van der Waals surface area contributed by atoms with E-state index in [-0.39, 0.29) is 12.1 Å². The van der Waals surface area contributed by atoms with Gasteiger partial charge in [0.15, 0.2) is 0 Å². The zero-order valence-electron chi connectivity index (χ0n) is 7.25. The van der Waals surface area contributed by atoms with Crippen LogP contribution in [0.5, 0.6) is 5.75 Å². The van der Waals surface area contributed by atoms with Crippen molar-refractivity contribution in [2.45, 2.75) is 12.4 Å². The third-order valence-electron chi connectivity index (χ3n) is 1.68. The lowest BCUT2D eigenvalue weighted by atomic mass is 10.1. The molecule has 1 nitrogen and oxygen atoms in total. The van der Waals surface area contributed by atoms with Crippen molar-refractivity contribution in [2.75, 3.05) is 0 Å². The second-order valence-electron chi connectivity index (χ2n) is 2.85. The van der Waals surface area contributed by atoms with Gasteiger partial charge in [0.05, 0.1) is 10.6 Å². The molecule has 0 fully saturated rings. The lowest BCUT2D eigenvalue weighted by Gasteiger charge is -2.14. The average Bonchev–Trinajstić information content (AvgIpc) is 1.97. The van der Waals surface area contributed by atoms with Gasteiger partial charge in [-0.05, 0) is 12.1 Å². The normalized spacial score (nSPS) is 12.9. The van der Waals surface area contributed by atoms with E-state index in [9.17, 15) is 26.3 Å². The van der Waals surface area contributed by atoms with Gasteiger partial charge in [-0.25, -0.2) is 0 Å². The Morgan fingerprint density at radius 2 is 1.44 bits per heavy atom. The molecular weight excluding hydrogens is 262 g/mol. The second-order valence-corrected chi connectivity index (χ2v) is 3.25. The Hall–Kier alpha value is -1.11. The summed E-state index contributed by atoms with van der Waals surface area (Å²) in [6, 6.07) is 0.0960. The van der Waals surface area contributed by atoms with Crippen molar-refractivity contribution >= 4 is 11.6 Å². The van der Waals surface area contributed by atoms with Gasteiger partial charge < -0.3 is 5.11 Å². The molecule has 0 atom stereocenters. The average molecular weight is 265 g/mol. The first-order valence-electron chi connectivity index (χ1n) is 3.70. The van der Waals surface area contributed by atoms with Gasteiger partial charge in [-0.15, -0.1) is 0 Å². The molecule has 0 saturated carbocycles. The van der Waals surface area contributed by atoms with Crippen molar-refractivity contribution in [3.05, 3.63) is 28.3 Å². The zero-order valence-corrected chi connectivity index (χ0v) is 8.00. The van der Waals surface area contributed by atoms with Crippen molar-refractivity contribution in [3.8, 4) is 5.75 Å². The Kier molecular flexibility index (Phi) is 3.02. The van der Waals surface area contributed by atoms with Gasteiger partial charge in [0.1, 0.15) is 11.3 Å². The fraction of sp³-hybridized carbons (Fsp3) is 0.250. The first-order valence-corrected chi connectivity index (χ1v) is 4.08. The zero-order chi connectivity index (χ0) is 12.7. The fourth-order valence-corrected chi connectivity index (χ4v) is 1.36. The maximum absolute atomic E-state index is 12.2. The monoisotopic (exact) mass is 264 g/mol.